The van der Waals surface area contributed by atoms with E-state index in [-0.39, 0.29) is 38.5 Å². The fourth-order valence-electron chi connectivity index (χ4n) is 5.20. The van der Waals surface area contributed by atoms with Crippen molar-refractivity contribution in [1.82, 2.24) is 14.5 Å². The van der Waals surface area contributed by atoms with Crippen LogP contribution in [-0.2, 0) is 32.6 Å². The van der Waals surface area contributed by atoms with Crippen LogP contribution in [0.3, 0.4) is 0 Å². The Hall–Kier alpha value is -4.20. The number of nitrogens with one attached hydrogen (secondary N) is 1. The van der Waals surface area contributed by atoms with E-state index >= 15 is 0 Å². The van der Waals surface area contributed by atoms with Crippen molar-refractivity contribution >= 4 is 49.6 Å². The van der Waals surface area contributed by atoms with Crippen molar-refractivity contribution in [2.24, 2.45) is 5.73 Å². The van der Waals surface area contributed by atoms with Gasteiger partial charge in [-0.05, 0) is 67.4 Å². The van der Waals surface area contributed by atoms with Gasteiger partial charge in [0.15, 0.2) is 0 Å². The number of ether oxygens (including phenoxy) is 2. The number of morpholine rings is 1. The zero-order valence-electron chi connectivity index (χ0n) is 24.2. The van der Waals surface area contributed by atoms with Gasteiger partial charge in [-0.25, -0.2) is 23.0 Å². The Kier molecular flexibility index (Phi) is 8.32. The molecule has 1 amide bonds. The molecule has 0 spiro atoms. The molecule has 1 aliphatic heterocycles. The van der Waals surface area contributed by atoms with Crippen molar-refractivity contribution in [2.45, 2.75) is 45.5 Å². The first-order valence-electron chi connectivity index (χ1n) is 13.9. The fraction of sp³-hybridized carbons (Fsp3) is 0.367. The molecule has 1 aliphatic rings. The Labute approximate surface area is 249 Å². The molecule has 1 unspecified atom stereocenters. The predicted octanol–water partition coefficient (Wildman–Crippen LogP) is 3.77. The summed E-state index contributed by atoms with van der Waals surface area (Å²) in [6.07, 6.45) is -0.594. The van der Waals surface area contributed by atoms with Crippen molar-refractivity contribution in [2.75, 3.05) is 30.2 Å². The van der Waals surface area contributed by atoms with Gasteiger partial charge in [0.1, 0.15) is 16.9 Å². The summed E-state index contributed by atoms with van der Waals surface area (Å²) in [7, 11) is -3.96. The highest BCUT2D eigenvalue weighted by Gasteiger charge is 2.34. The average Bonchev–Trinajstić information content (AvgIpc) is 3.29. The minimum absolute atomic E-state index is 0.0475. The van der Waals surface area contributed by atoms with Gasteiger partial charge in [-0.3, -0.25) is 9.62 Å². The zero-order valence-corrected chi connectivity index (χ0v) is 25.1. The molecule has 12 nitrogen and oxygen atoms in total. The number of carboxylic acid groups (broad SMARTS) is 1. The number of fused-ring (bicyclic) bond motifs is 2. The number of benzene rings is 2. The van der Waals surface area contributed by atoms with Crippen LogP contribution in [0.15, 0.2) is 54.6 Å². The summed E-state index contributed by atoms with van der Waals surface area (Å²) < 4.78 is 42.1. The number of carbonyl (C=O) groups is 2. The normalized spacial score (nSPS) is 16.0. The van der Waals surface area contributed by atoms with Gasteiger partial charge in [0.25, 0.3) is 0 Å². The first kappa shape index (κ1) is 30.3. The van der Waals surface area contributed by atoms with E-state index in [0.717, 1.165) is 10.8 Å². The Morgan fingerprint density at radius 2 is 1.91 bits per heavy atom. The number of nitrogens with zero attached hydrogens (tertiary/aromatic N) is 3. The maximum Gasteiger partial charge on any atom is 0.410 e. The molecular formula is C30H35N5O7S. The highest BCUT2D eigenvalue weighted by Crippen LogP contribution is 2.28. The fourth-order valence-corrected chi connectivity index (χ4v) is 6.54. The maximum atomic E-state index is 13.4. The summed E-state index contributed by atoms with van der Waals surface area (Å²) in [6.45, 7) is 6.11. The first-order valence-corrected chi connectivity index (χ1v) is 15.5. The molecule has 0 saturated carbocycles. The summed E-state index contributed by atoms with van der Waals surface area (Å²) in [5.74, 6) is -1.51. The van der Waals surface area contributed by atoms with Gasteiger partial charge < -0.3 is 24.9 Å². The number of anilines is 1. The number of rotatable bonds is 8. The molecule has 0 aliphatic carbocycles. The van der Waals surface area contributed by atoms with Gasteiger partial charge in [-0.15, -0.1) is 0 Å². The van der Waals surface area contributed by atoms with Gasteiger partial charge in [-0.1, -0.05) is 24.3 Å². The van der Waals surface area contributed by atoms with Gasteiger partial charge >= 0.3 is 12.1 Å². The lowest BCUT2D eigenvalue weighted by Crippen LogP contribution is -2.53. The number of pyridine rings is 1. The largest absolute Gasteiger partial charge is 0.477 e. The summed E-state index contributed by atoms with van der Waals surface area (Å²) in [4.78, 5) is 30.9. The standard InChI is InChI=1S/C30H35N5O7S/c1-30(2,3)42-29(38)34-10-11-41-17-24(34)18-43(39,40)33-23-12-19-6-4-5-7-25(19)21(13-23)16-35-26(28(36)37)14-20-8-9-22(15-31)32-27(20)35/h4-9,12-14,24,33H,10-11,15-18,31H2,1-3H3,(H,36,37). The van der Waals surface area contributed by atoms with Crippen molar-refractivity contribution < 1.29 is 32.6 Å². The minimum atomic E-state index is -3.96. The second-order valence-corrected chi connectivity index (χ2v) is 13.2. The van der Waals surface area contributed by atoms with Crippen LogP contribution in [0, 0.1) is 0 Å². The highest BCUT2D eigenvalue weighted by atomic mass is 32.2. The number of hydrogen-bond donors (Lipinski definition) is 3. The van der Waals surface area contributed by atoms with Crippen molar-refractivity contribution in [3.8, 4) is 0 Å². The van der Waals surface area contributed by atoms with Crippen LogP contribution in [0.4, 0.5) is 10.5 Å². The highest BCUT2D eigenvalue weighted by molar-refractivity contribution is 7.92. The summed E-state index contributed by atoms with van der Waals surface area (Å²) in [5.41, 5.74) is 7.18. The molecule has 5 rings (SSSR count). The lowest BCUT2D eigenvalue weighted by atomic mass is 10.0. The molecule has 43 heavy (non-hydrogen) atoms. The Bertz CT molecular complexity index is 1800. The van der Waals surface area contributed by atoms with Gasteiger partial charge in [0.05, 0.1) is 37.2 Å². The SMILES string of the molecule is CC(C)(C)OC(=O)N1CCOCC1CS(=O)(=O)Nc1cc(Cn2c(C(=O)O)cc3ccc(CN)nc32)c2ccccc2c1. The lowest BCUT2D eigenvalue weighted by molar-refractivity contribution is -0.0270. The number of nitrogens with two attached hydrogens (primary N) is 1. The molecule has 1 atom stereocenters. The van der Waals surface area contributed by atoms with E-state index < -0.39 is 39.5 Å². The second-order valence-electron chi connectivity index (χ2n) is 11.5. The third-order valence-electron chi connectivity index (χ3n) is 7.05. The third kappa shape index (κ3) is 6.90. The molecular weight excluding hydrogens is 574 g/mol. The van der Waals surface area contributed by atoms with Crippen molar-refractivity contribution in [3.05, 3.63) is 71.5 Å². The molecule has 2 aromatic heterocycles. The Morgan fingerprint density at radius 1 is 1.14 bits per heavy atom. The smallest absolute Gasteiger partial charge is 0.410 e. The minimum Gasteiger partial charge on any atom is -0.477 e. The Morgan fingerprint density at radius 3 is 2.63 bits per heavy atom. The van der Waals surface area contributed by atoms with E-state index in [2.05, 4.69) is 9.71 Å². The molecule has 2 aromatic carbocycles. The van der Waals surface area contributed by atoms with Crippen LogP contribution in [0.1, 0.15) is 42.5 Å². The van der Waals surface area contributed by atoms with Crippen LogP contribution in [-0.4, -0.2) is 77.2 Å². The van der Waals surface area contributed by atoms with E-state index in [9.17, 15) is 23.1 Å². The number of sulfonamides is 1. The molecule has 3 heterocycles. The quantitative estimate of drug-likeness (QED) is 0.269. The summed E-state index contributed by atoms with van der Waals surface area (Å²) in [6, 6.07) is 15.2. The van der Waals surface area contributed by atoms with Crippen LogP contribution >= 0.6 is 0 Å². The van der Waals surface area contributed by atoms with Crippen molar-refractivity contribution in [3.63, 3.8) is 0 Å². The molecule has 4 aromatic rings. The Balaban J connectivity index is 1.47. The molecule has 4 N–H and O–H groups in total. The summed E-state index contributed by atoms with van der Waals surface area (Å²) >= 11 is 0. The van der Waals surface area contributed by atoms with Crippen LogP contribution in [0.5, 0.6) is 0 Å². The van der Waals surface area contributed by atoms with Gasteiger partial charge in [-0.2, -0.15) is 0 Å². The number of aromatic nitrogens is 2. The van der Waals surface area contributed by atoms with Crippen LogP contribution in [0.25, 0.3) is 21.8 Å². The molecule has 0 bridgehead atoms. The summed E-state index contributed by atoms with van der Waals surface area (Å²) in [5, 5.41) is 12.2. The number of carboxylic acids is 1. The topological polar surface area (TPSA) is 166 Å². The molecule has 0 radical (unpaired) electrons. The van der Waals surface area contributed by atoms with E-state index in [1.807, 2.05) is 24.3 Å². The first-order chi connectivity index (χ1) is 20.3. The second kappa shape index (κ2) is 11.8. The number of carbonyl (C=O) groups excluding carboxylic acids is 1. The number of amides is 1. The van der Waals surface area contributed by atoms with Crippen molar-refractivity contribution in [1.29, 1.82) is 0 Å². The van der Waals surface area contributed by atoms with E-state index in [1.54, 1.807) is 55.7 Å². The third-order valence-corrected chi connectivity index (χ3v) is 8.42. The lowest BCUT2D eigenvalue weighted by Gasteiger charge is -2.36. The van der Waals surface area contributed by atoms with E-state index in [1.165, 1.54) is 4.90 Å². The van der Waals surface area contributed by atoms with Gasteiger partial charge in [0, 0.05) is 24.2 Å². The maximum absolute atomic E-state index is 13.4. The predicted molar refractivity (Wildman–Crippen MR) is 163 cm³/mol. The monoisotopic (exact) mass is 609 g/mol. The molecule has 13 heteroatoms. The van der Waals surface area contributed by atoms with E-state index in [4.69, 9.17) is 15.2 Å². The van der Waals surface area contributed by atoms with Crippen LogP contribution < -0.4 is 10.5 Å². The number of hydrogen-bond acceptors (Lipinski definition) is 8. The zero-order chi connectivity index (χ0) is 30.9. The van der Waals surface area contributed by atoms with Crippen LogP contribution in [0.2, 0.25) is 0 Å². The molecule has 228 valence electrons. The average molecular weight is 610 g/mol. The number of aromatic carboxylic acids is 1. The molecule has 1 saturated heterocycles. The van der Waals surface area contributed by atoms with E-state index in [0.29, 0.717) is 28.0 Å². The molecule has 1 fully saturated rings. The van der Waals surface area contributed by atoms with Gasteiger partial charge in [0.2, 0.25) is 10.0 Å².